The number of benzene rings is 1. The van der Waals surface area contributed by atoms with Gasteiger partial charge in [-0.1, -0.05) is 12.1 Å². The highest BCUT2D eigenvalue weighted by atomic mass is 16.6. The highest BCUT2D eigenvalue weighted by Gasteiger charge is 2.01. The van der Waals surface area contributed by atoms with Crippen molar-refractivity contribution >= 4 is 11.8 Å². The molecule has 0 aliphatic rings. The van der Waals surface area contributed by atoms with Gasteiger partial charge in [-0.2, -0.15) is 0 Å². The zero-order valence-corrected chi connectivity index (χ0v) is 8.14. The third kappa shape index (κ3) is 3.97. The van der Waals surface area contributed by atoms with Crippen LogP contribution < -0.4 is 5.32 Å². The first-order valence-corrected chi connectivity index (χ1v) is 4.50. The second-order valence-electron chi connectivity index (χ2n) is 2.84. The van der Waals surface area contributed by atoms with Crippen molar-refractivity contribution in [3.05, 3.63) is 29.8 Å². The molecule has 0 spiro atoms. The molecule has 0 radical (unpaired) electrons. The van der Waals surface area contributed by atoms with E-state index in [2.05, 4.69) is 10.1 Å². The molecule has 1 aromatic carbocycles. The number of aliphatic hydroxyl groups is 2. The molecule has 1 amide bonds. The van der Waals surface area contributed by atoms with Gasteiger partial charge in [0, 0.05) is 5.69 Å². The Morgan fingerprint density at radius 3 is 2.47 bits per heavy atom. The Bertz CT molecular complexity index is 310. The molecule has 0 saturated carbocycles. The molecular formula is C10H13NO4. The Kier molecular flexibility index (Phi) is 4.59. The highest BCUT2D eigenvalue weighted by molar-refractivity contribution is 5.84. The second-order valence-corrected chi connectivity index (χ2v) is 2.84. The minimum atomic E-state index is -0.610. The molecule has 0 atom stereocenters. The van der Waals surface area contributed by atoms with Crippen LogP contribution in [0.4, 0.5) is 10.5 Å². The number of carbonyl (C=O) groups is 1. The monoisotopic (exact) mass is 211 g/mol. The Morgan fingerprint density at radius 1 is 1.27 bits per heavy atom. The van der Waals surface area contributed by atoms with Gasteiger partial charge >= 0.3 is 6.09 Å². The summed E-state index contributed by atoms with van der Waals surface area (Å²) in [4.78, 5) is 11.0. The average Bonchev–Trinajstić information content (AvgIpc) is 2.27. The van der Waals surface area contributed by atoms with Crippen molar-refractivity contribution in [2.24, 2.45) is 0 Å². The van der Waals surface area contributed by atoms with Crippen LogP contribution in [0.2, 0.25) is 0 Å². The number of hydrogen-bond donors (Lipinski definition) is 3. The molecule has 1 aromatic rings. The van der Waals surface area contributed by atoms with E-state index in [1.807, 2.05) is 0 Å². The molecule has 0 heterocycles. The Balaban J connectivity index is 2.46. The van der Waals surface area contributed by atoms with Crippen molar-refractivity contribution < 1.29 is 19.7 Å². The standard InChI is InChI=1S/C10H13NO4/c12-5-6-15-10(14)11-9-3-1-8(7-13)2-4-9/h1-4,12-13H,5-7H2,(H,11,14). The molecule has 1 rings (SSSR count). The zero-order valence-electron chi connectivity index (χ0n) is 8.14. The van der Waals surface area contributed by atoms with Crippen LogP contribution in [-0.2, 0) is 11.3 Å². The van der Waals surface area contributed by atoms with Crippen LogP contribution in [0.25, 0.3) is 0 Å². The summed E-state index contributed by atoms with van der Waals surface area (Å²) < 4.78 is 4.60. The van der Waals surface area contributed by atoms with Crippen LogP contribution in [0, 0.1) is 0 Å². The van der Waals surface area contributed by atoms with Crippen LogP contribution in [-0.4, -0.2) is 29.5 Å². The molecule has 15 heavy (non-hydrogen) atoms. The van der Waals surface area contributed by atoms with E-state index in [0.717, 1.165) is 5.56 Å². The molecule has 0 fully saturated rings. The highest BCUT2D eigenvalue weighted by Crippen LogP contribution is 2.09. The molecular weight excluding hydrogens is 198 g/mol. The predicted molar refractivity (Wildman–Crippen MR) is 54.4 cm³/mol. The molecule has 82 valence electrons. The number of ether oxygens (including phenoxy) is 1. The lowest BCUT2D eigenvalue weighted by atomic mass is 10.2. The molecule has 0 unspecified atom stereocenters. The Hall–Kier alpha value is -1.59. The van der Waals surface area contributed by atoms with Gasteiger partial charge in [0.2, 0.25) is 0 Å². The van der Waals surface area contributed by atoms with Gasteiger partial charge in [-0.25, -0.2) is 4.79 Å². The number of anilines is 1. The van der Waals surface area contributed by atoms with Crippen LogP contribution in [0.3, 0.4) is 0 Å². The summed E-state index contributed by atoms with van der Waals surface area (Å²) in [5, 5.41) is 19.7. The first-order chi connectivity index (χ1) is 7.26. The first kappa shape index (κ1) is 11.5. The summed E-state index contributed by atoms with van der Waals surface area (Å²) >= 11 is 0. The zero-order chi connectivity index (χ0) is 11.1. The number of rotatable bonds is 4. The number of amides is 1. The van der Waals surface area contributed by atoms with Gasteiger partial charge in [0.25, 0.3) is 0 Å². The van der Waals surface area contributed by atoms with E-state index in [0.29, 0.717) is 5.69 Å². The SMILES string of the molecule is O=C(Nc1ccc(CO)cc1)OCCO. The average molecular weight is 211 g/mol. The maximum absolute atomic E-state index is 11.0. The van der Waals surface area contributed by atoms with E-state index in [1.54, 1.807) is 24.3 Å². The fourth-order valence-electron chi connectivity index (χ4n) is 0.986. The molecule has 5 nitrogen and oxygen atoms in total. The van der Waals surface area contributed by atoms with Crippen LogP contribution >= 0.6 is 0 Å². The second kappa shape index (κ2) is 6.00. The summed E-state index contributed by atoms with van der Waals surface area (Å²) in [6.07, 6.45) is -0.610. The van der Waals surface area contributed by atoms with Gasteiger partial charge in [-0.3, -0.25) is 5.32 Å². The lowest BCUT2D eigenvalue weighted by molar-refractivity contribution is 0.131. The lowest BCUT2D eigenvalue weighted by Crippen LogP contribution is -2.15. The third-order valence-electron chi connectivity index (χ3n) is 1.71. The molecule has 5 heteroatoms. The number of carbonyl (C=O) groups excluding carboxylic acids is 1. The van der Waals surface area contributed by atoms with Gasteiger partial charge in [0.1, 0.15) is 6.61 Å². The van der Waals surface area contributed by atoms with E-state index < -0.39 is 6.09 Å². The topological polar surface area (TPSA) is 78.8 Å². The third-order valence-corrected chi connectivity index (χ3v) is 1.71. The largest absolute Gasteiger partial charge is 0.447 e. The van der Waals surface area contributed by atoms with E-state index in [9.17, 15) is 4.79 Å². The maximum atomic E-state index is 11.0. The quantitative estimate of drug-likeness (QED) is 0.685. The minimum absolute atomic E-state index is 0.0272. The van der Waals surface area contributed by atoms with Crippen molar-refractivity contribution in [1.29, 1.82) is 0 Å². The van der Waals surface area contributed by atoms with Crippen molar-refractivity contribution in [3.8, 4) is 0 Å². The van der Waals surface area contributed by atoms with Gasteiger partial charge in [-0.05, 0) is 17.7 Å². The Labute approximate surface area is 87.3 Å². The number of nitrogens with one attached hydrogen (secondary N) is 1. The molecule has 0 aliphatic carbocycles. The number of aliphatic hydroxyl groups excluding tert-OH is 2. The van der Waals surface area contributed by atoms with E-state index >= 15 is 0 Å². The van der Waals surface area contributed by atoms with Crippen molar-refractivity contribution in [2.75, 3.05) is 18.5 Å². The molecule has 0 aliphatic heterocycles. The summed E-state index contributed by atoms with van der Waals surface area (Å²) in [6, 6.07) is 6.71. The normalized spacial score (nSPS) is 9.73. The summed E-state index contributed by atoms with van der Waals surface area (Å²) in [6.45, 7) is -0.257. The van der Waals surface area contributed by atoms with Gasteiger partial charge in [0.15, 0.2) is 0 Å². The first-order valence-electron chi connectivity index (χ1n) is 4.50. The van der Waals surface area contributed by atoms with Gasteiger partial charge in [-0.15, -0.1) is 0 Å². The summed E-state index contributed by atoms with van der Waals surface area (Å²) in [7, 11) is 0. The summed E-state index contributed by atoms with van der Waals surface area (Å²) in [5.74, 6) is 0. The van der Waals surface area contributed by atoms with Gasteiger partial charge in [0.05, 0.1) is 13.2 Å². The van der Waals surface area contributed by atoms with E-state index in [4.69, 9.17) is 10.2 Å². The van der Waals surface area contributed by atoms with Crippen LogP contribution in [0.5, 0.6) is 0 Å². The maximum Gasteiger partial charge on any atom is 0.411 e. The van der Waals surface area contributed by atoms with Crippen molar-refractivity contribution in [2.45, 2.75) is 6.61 Å². The molecule has 3 N–H and O–H groups in total. The fraction of sp³-hybridized carbons (Fsp3) is 0.300. The van der Waals surface area contributed by atoms with Crippen LogP contribution in [0.15, 0.2) is 24.3 Å². The Morgan fingerprint density at radius 2 is 1.93 bits per heavy atom. The molecule has 0 aromatic heterocycles. The molecule has 0 saturated heterocycles. The van der Waals surface area contributed by atoms with Crippen molar-refractivity contribution in [3.63, 3.8) is 0 Å². The number of hydrogen-bond acceptors (Lipinski definition) is 4. The van der Waals surface area contributed by atoms with Crippen molar-refractivity contribution in [1.82, 2.24) is 0 Å². The van der Waals surface area contributed by atoms with Gasteiger partial charge < -0.3 is 14.9 Å². The molecule has 0 bridgehead atoms. The lowest BCUT2D eigenvalue weighted by Gasteiger charge is -2.05. The van der Waals surface area contributed by atoms with E-state index in [-0.39, 0.29) is 19.8 Å². The summed E-state index contributed by atoms with van der Waals surface area (Å²) in [5.41, 5.74) is 1.35. The van der Waals surface area contributed by atoms with Crippen LogP contribution in [0.1, 0.15) is 5.56 Å². The minimum Gasteiger partial charge on any atom is -0.447 e. The fourth-order valence-corrected chi connectivity index (χ4v) is 0.986. The van der Waals surface area contributed by atoms with E-state index in [1.165, 1.54) is 0 Å². The smallest absolute Gasteiger partial charge is 0.411 e. The predicted octanol–water partition coefficient (Wildman–Crippen LogP) is 0.720.